The number of methoxy groups -OCH3 is 1. The van der Waals surface area contributed by atoms with Gasteiger partial charge in [0.15, 0.2) is 0 Å². The van der Waals surface area contributed by atoms with Crippen molar-refractivity contribution in [3.05, 3.63) is 139 Å². The molecule has 11 rings (SSSR count). The molecule has 0 bridgehead atoms. The molecule has 11 aromatic rings. The summed E-state index contributed by atoms with van der Waals surface area (Å²) >= 11 is 0. The Morgan fingerprint density at radius 2 is 0.880 bits per heavy atom. The summed E-state index contributed by atoms with van der Waals surface area (Å²) < 4.78 is 25.5. The molecule has 0 N–H and O–H groups in total. The summed E-state index contributed by atoms with van der Waals surface area (Å²) in [5, 5.41) is 10.8. The molecule has 0 amide bonds. The zero-order valence-electron chi connectivity index (χ0n) is 27.3. The molecule has 3 heterocycles. The van der Waals surface area contributed by atoms with E-state index in [4.69, 9.17) is 18.0 Å². The van der Waals surface area contributed by atoms with Crippen molar-refractivity contribution in [1.82, 2.24) is 0 Å². The number of hydrogen-bond donors (Lipinski definition) is 0. The normalized spacial score (nSPS) is 12.2. The molecule has 0 saturated heterocycles. The maximum Gasteiger partial charge on any atom is 0.143 e. The van der Waals surface area contributed by atoms with Crippen molar-refractivity contribution < 1.29 is 18.0 Å². The van der Waals surface area contributed by atoms with Crippen LogP contribution in [0.1, 0.15) is 5.56 Å². The van der Waals surface area contributed by atoms with E-state index >= 15 is 0 Å². The molecule has 0 radical (unpaired) electrons. The van der Waals surface area contributed by atoms with E-state index in [1.807, 2.05) is 36.4 Å². The average molecular weight is 645 g/mol. The van der Waals surface area contributed by atoms with Gasteiger partial charge in [0, 0.05) is 53.9 Å². The second kappa shape index (κ2) is 10.0. The number of ether oxygens (including phenoxy) is 1. The van der Waals surface area contributed by atoms with E-state index in [0.717, 1.165) is 115 Å². The van der Waals surface area contributed by atoms with Crippen molar-refractivity contribution in [3.8, 4) is 28.0 Å². The Kier molecular flexibility index (Phi) is 5.49. The first-order valence-electron chi connectivity index (χ1n) is 16.9. The Balaban J connectivity index is 1.35. The van der Waals surface area contributed by atoms with Gasteiger partial charge in [-0.1, -0.05) is 78.4 Å². The molecule has 0 saturated carbocycles. The third kappa shape index (κ3) is 3.70. The largest absolute Gasteiger partial charge is 0.497 e. The molecule has 50 heavy (non-hydrogen) atoms. The lowest BCUT2D eigenvalue weighted by atomic mass is 9.90. The predicted octanol–water partition coefficient (Wildman–Crippen LogP) is 13.3. The van der Waals surface area contributed by atoms with Gasteiger partial charge in [0.05, 0.1) is 7.11 Å². The van der Waals surface area contributed by atoms with Crippen molar-refractivity contribution >= 4 is 87.4 Å². The molecule has 8 aromatic carbocycles. The van der Waals surface area contributed by atoms with Crippen LogP contribution >= 0.6 is 0 Å². The summed E-state index contributed by atoms with van der Waals surface area (Å²) in [6.45, 7) is 2.13. The minimum absolute atomic E-state index is 0.819. The summed E-state index contributed by atoms with van der Waals surface area (Å²) in [5.41, 5.74) is 10.9. The van der Waals surface area contributed by atoms with Gasteiger partial charge in [0.1, 0.15) is 39.2 Å². The van der Waals surface area contributed by atoms with Gasteiger partial charge in [-0.2, -0.15) is 0 Å². The van der Waals surface area contributed by atoms with Gasteiger partial charge in [-0.25, -0.2) is 0 Å². The fourth-order valence-corrected chi connectivity index (χ4v) is 8.11. The highest BCUT2D eigenvalue weighted by Gasteiger charge is 2.24. The number of fused-ring (bicyclic) bond motifs is 15. The number of hydrogen-bond acceptors (Lipinski definition) is 4. The first-order chi connectivity index (χ1) is 24.6. The summed E-state index contributed by atoms with van der Waals surface area (Å²) in [7, 11) is 1.70. The molecule has 0 atom stereocenters. The Labute approximate surface area is 285 Å². The molecule has 4 heteroatoms. The van der Waals surface area contributed by atoms with Gasteiger partial charge in [-0.15, -0.1) is 0 Å². The van der Waals surface area contributed by atoms with Gasteiger partial charge >= 0.3 is 0 Å². The van der Waals surface area contributed by atoms with Crippen LogP contribution in [-0.2, 0) is 0 Å². The topological polar surface area (TPSA) is 48.7 Å². The second-order valence-corrected chi connectivity index (χ2v) is 13.2. The van der Waals surface area contributed by atoms with Crippen molar-refractivity contribution in [3.63, 3.8) is 0 Å². The van der Waals surface area contributed by atoms with E-state index in [-0.39, 0.29) is 0 Å². The lowest BCUT2D eigenvalue weighted by Crippen LogP contribution is -1.87. The maximum absolute atomic E-state index is 7.11. The fraction of sp³-hybridized carbons (Fsp3) is 0.0435. The minimum Gasteiger partial charge on any atom is -0.497 e. The van der Waals surface area contributed by atoms with Crippen LogP contribution < -0.4 is 4.74 Å². The van der Waals surface area contributed by atoms with Crippen molar-refractivity contribution in [2.75, 3.05) is 7.11 Å². The molecule has 0 unspecified atom stereocenters. The van der Waals surface area contributed by atoms with Gasteiger partial charge in [0.25, 0.3) is 0 Å². The highest BCUT2D eigenvalue weighted by atomic mass is 16.5. The molecule has 0 aliphatic heterocycles. The molecule has 4 nitrogen and oxygen atoms in total. The van der Waals surface area contributed by atoms with Crippen LogP contribution in [0.25, 0.3) is 110 Å². The summed E-state index contributed by atoms with van der Waals surface area (Å²) in [6.07, 6.45) is 0. The van der Waals surface area contributed by atoms with Crippen molar-refractivity contribution in [2.45, 2.75) is 6.92 Å². The summed E-state index contributed by atoms with van der Waals surface area (Å²) in [6, 6.07) is 46.8. The third-order valence-electron chi connectivity index (χ3n) is 10.4. The van der Waals surface area contributed by atoms with Gasteiger partial charge in [0.2, 0.25) is 0 Å². The highest BCUT2D eigenvalue weighted by Crippen LogP contribution is 2.49. The second-order valence-electron chi connectivity index (χ2n) is 13.2. The van der Waals surface area contributed by atoms with Crippen LogP contribution in [0.4, 0.5) is 0 Å². The van der Waals surface area contributed by atoms with Crippen LogP contribution in [0, 0.1) is 6.92 Å². The van der Waals surface area contributed by atoms with Gasteiger partial charge in [-0.3, -0.25) is 0 Å². The molecule has 0 aliphatic carbocycles. The number of aryl methyl sites for hydroxylation is 1. The zero-order chi connectivity index (χ0) is 33.1. The molecule has 236 valence electrons. The first-order valence-corrected chi connectivity index (χ1v) is 16.9. The average Bonchev–Trinajstić information content (AvgIpc) is 3.85. The van der Waals surface area contributed by atoms with Crippen LogP contribution in [0.2, 0.25) is 0 Å². The van der Waals surface area contributed by atoms with Gasteiger partial charge in [-0.05, 0) is 89.8 Å². The summed E-state index contributed by atoms with van der Waals surface area (Å²) in [4.78, 5) is 0. The zero-order valence-corrected chi connectivity index (χ0v) is 27.3. The quantitative estimate of drug-likeness (QED) is 0.192. The monoisotopic (exact) mass is 644 g/mol. The Morgan fingerprint density at radius 3 is 1.38 bits per heavy atom. The molecular weight excluding hydrogens is 617 g/mol. The minimum atomic E-state index is 0.819. The van der Waals surface area contributed by atoms with Crippen LogP contribution in [0.5, 0.6) is 5.75 Å². The molecule has 0 spiro atoms. The lowest BCUT2D eigenvalue weighted by Gasteiger charge is -2.11. The van der Waals surface area contributed by atoms with Crippen LogP contribution in [0.3, 0.4) is 0 Å². The Bertz CT molecular complexity index is 3170. The van der Waals surface area contributed by atoms with Crippen LogP contribution in [-0.4, -0.2) is 7.11 Å². The first kappa shape index (κ1) is 27.4. The molecule has 0 fully saturated rings. The van der Waals surface area contributed by atoms with Gasteiger partial charge < -0.3 is 18.0 Å². The molecular formula is C46H28O4. The van der Waals surface area contributed by atoms with E-state index in [9.17, 15) is 0 Å². The maximum atomic E-state index is 7.11. The van der Waals surface area contributed by atoms with Crippen molar-refractivity contribution in [2.24, 2.45) is 0 Å². The van der Waals surface area contributed by atoms with E-state index in [0.29, 0.717) is 0 Å². The number of furan rings is 3. The number of rotatable bonds is 3. The van der Waals surface area contributed by atoms with Crippen LogP contribution in [0.15, 0.2) is 147 Å². The smallest absolute Gasteiger partial charge is 0.143 e. The SMILES string of the molecule is COc1ccc(-c2cc3c4cc(-c5ccc(C)cc5)c5c(ccc6oc7ccccc7c65)c4oc3c3ccc4oc5ccccc5c4c23)cc1. The van der Waals surface area contributed by atoms with E-state index in [1.54, 1.807) is 7.11 Å². The molecule has 3 aromatic heterocycles. The van der Waals surface area contributed by atoms with E-state index in [2.05, 4.69) is 104 Å². The number of para-hydroxylation sites is 2. The fourth-order valence-electron chi connectivity index (χ4n) is 8.11. The lowest BCUT2D eigenvalue weighted by molar-refractivity contribution is 0.415. The number of benzene rings is 8. The van der Waals surface area contributed by atoms with E-state index < -0.39 is 0 Å². The highest BCUT2D eigenvalue weighted by molar-refractivity contribution is 6.33. The van der Waals surface area contributed by atoms with E-state index in [1.165, 1.54) is 5.56 Å². The third-order valence-corrected chi connectivity index (χ3v) is 10.4. The molecule has 0 aliphatic rings. The Morgan fingerprint density at radius 1 is 0.400 bits per heavy atom. The Hall–Kier alpha value is -6.52. The standard InChI is InChI=1S/C46H28O4/c1-25-11-13-26(14-12-25)33-23-35-36-24-34(27-15-17-28(47-2)18-16-27)42-32(20-22-40-44(42)30-8-4-6-10-38(30)49-40)46(36)50-45(35)31-19-21-39-43(41(31)33)29-7-3-5-9-37(29)48-39/h3-24H,1-2H3. The summed E-state index contributed by atoms with van der Waals surface area (Å²) in [5.74, 6) is 0.819. The predicted molar refractivity (Wildman–Crippen MR) is 205 cm³/mol. The van der Waals surface area contributed by atoms with Crippen molar-refractivity contribution in [1.29, 1.82) is 0 Å².